The first kappa shape index (κ1) is 25.3. The largest absolute Gasteiger partial charge is 0.487 e. The summed E-state index contributed by atoms with van der Waals surface area (Å²) in [6.45, 7) is 4.08. The quantitative estimate of drug-likeness (QED) is 0.205. The third-order valence-corrected chi connectivity index (χ3v) is 7.08. The number of carbonyl (C=O) groups is 3. The van der Waals surface area contributed by atoms with Crippen LogP contribution in [-0.4, -0.2) is 17.8 Å². The van der Waals surface area contributed by atoms with Crippen molar-refractivity contribution in [2.45, 2.75) is 20.5 Å². The van der Waals surface area contributed by atoms with Crippen molar-refractivity contribution < 1.29 is 23.5 Å². The molecule has 0 saturated carbocycles. The average Bonchev–Trinajstić information content (AvgIpc) is 2.79. The van der Waals surface area contributed by atoms with Crippen molar-refractivity contribution in [3.63, 3.8) is 0 Å². The van der Waals surface area contributed by atoms with E-state index in [9.17, 15) is 18.8 Å². The van der Waals surface area contributed by atoms with Gasteiger partial charge in [0.1, 0.15) is 23.7 Å². The van der Waals surface area contributed by atoms with Crippen LogP contribution in [0.1, 0.15) is 22.3 Å². The Labute approximate surface area is 228 Å². The number of imide groups is 2. The molecule has 3 aromatic rings. The lowest BCUT2D eigenvalue weighted by molar-refractivity contribution is -0.122. The number of barbiturate groups is 1. The third-order valence-electron chi connectivity index (χ3n) is 5.48. The summed E-state index contributed by atoms with van der Waals surface area (Å²) in [5.74, 6) is -1.11. The van der Waals surface area contributed by atoms with Gasteiger partial charge in [0.05, 0.1) is 12.8 Å². The Balaban J connectivity index is 1.61. The summed E-state index contributed by atoms with van der Waals surface area (Å²) in [5.41, 5.74) is 3.63. The van der Waals surface area contributed by atoms with E-state index >= 15 is 0 Å². The number of urea groups is 1. The van der Waals surface area contributed by atoms with E-state index < -0.39 is 17.8 Å². The number of hydrogen-bond acceptors (Lipinski definition) is 4. The van der Waals surface area contributed by atoms with Crippen LogP contribution in [0.5, 0.6) is 5.75 Å². The predicted octanol–water partition coefficient (Wildman–Crippen LogP) is 5.90. The standard InChI is InChI=1S/C26H19FI2N2O4/c1-14-3-8-19(9-15(14)2)31-25(33)20(24(32)30-26(31)34)10-17-11-21(28)23(22(29)12-17)35-13-16-4-6-18(27)7-5-16/h3-12H,13H2,1-2H3,(H,30,32,34)/b20-10+. The SMILES string of the molecule is Cc1ccc(N2C(=O)NC(=O)/C(=C\c3cc(I)c(OCc4ccc(F)cc4)c(I)c3)C2=O)cc1C. The molecule has 0 bridgehead atoms. The maximum Gasteiger partial charge on any atom is 0.335 e. The number of rotatable bonds is 5. The van der Waals surface area contributed by atoms with E-state index in [4.69, 9.17) is 4.74 Å². The zero-order chi connectivity index (χ0) is 25.3. The van der Waals surface area contributed by atoms with Gasteiger partial charge in [-0.25, -0.2) is 14.1 Å². The van der Waals surface area contributed by atoms with Crippen LogP contribution in [0.15, 0.2) is 60.2 Å². The Hall–Kier alpha value is -2.80. The summed E-state index contributed by atoms with van der Waals surface area (Å²) in [5, 5.41) is 2.25. The number of amides is 4. The number of anilines is 1. The molecule has 0 aromatic heterocycles. The maximum absolute atomic E-state index is 13.2. The molecule has 1 saturated heterocycles. The van der Waals surface area contributed by atoms with E-state index in [0.29, 0.717) is 17.0 Å². The molecule has 1 aliphatic heterocycles. The van der Waals surface area contributed by atoms with E-state index in [2.05, 4.69) is 50.5 Å². The van der Waals surface area contributed by atoms with Crippen LogP contribution in [0.2, 0.25) is 0 Å². The second kappa shape index (κ2) is 10.4. The fourth-order valence-electron chi connectivity index (χ4n) is 3.46. The normalized spacial score (nSPS) is 14.9. The van der Waals surface area contributed by atoms with Crippen molar-refractivity contribution in [1.29, 1.82) is 0 Å². The van der Waals surface area contributed by atoms with Gasteiger partial charge in [-0.3, -0.25) is 14.9 Å². The number of ether oxygens (including phenoxy) is 1. The lowest BCUT2D eigenvalue weighted by Gasteiger charge is -2.27. The van der Waals surface area contributed by atoms with Gasteiger partial charge >= 0.3 is 6.03 Å². The van der Waals surface area contributed by atoms with Gasteiger partial charge < -0.3 is 4.74 Å². The molecule has 6 nitrogen and oxygen atoms in total. The van der Waals surface area contributed by atoms with Crippen LogP contribution in [0.4, 0.5) is 14.9 Å². The molecule has 9 heteroatoms. The first-order chi connectivity index (χ1) is 16.6. The highest BCUT2D eigenvalue weighted by Crippen LogP contribution is 2.31. The van der Waals surface area contributed by atoms with Crippen molar-refractivity contribution in [2.75, 3.05) is 4.90 Å². The Morgan fingerprint density at radius 2 is 1.60 bits per heavy atom. The molecule has 1 aliphatic rings. The monoisotopic (exact) mass is 696 g/mol. The summed E-state index contributed by atoms with van der Waals surface area (Å²) in [6, 6.07) is 14.1. The molecule has 3 aromatic carbocycles. The van der Waals surface area contributed by atoms with Gasteiger partial charge in [-0.05, 0) is 124 Å². The number of benzene rings is 3. The molecular formula is C26H19FI2N2O4. The van der Waals surface area contributed by atoms with Crippen molar-refractivity contribution in [1.82, 2.24) is 5.32 Å². The summed E-state index contributed by atoms with van der Waals surface area (Å²) in [4.78, 5) is 39.2. The Morgan fingerprint density at radius 3 is 2.23 bits per heavy atom. The summed E-state index contributed by atoms with van der Waals surface area (Å²) in [7, 11) is 0. The van der Waals surface area contributed by atoms with Crippen molar-refractivity contribution in [3.05, 3.63) is 95.4 Å². The molecule has 4 amide bonds. The van der Waals surface area contributed by atoms with Gasteiger partial charge in [0.2, 0.25) is 0 Å². The smallest absolute Gasteiger partial charge is 0.335 e. The minimum Gasteiger partial charge on any atom is -0.487 e. The Kier molecular flexibility index (Phi) is 7.55. The van der Waals surface area contributed by atoms with Crippen LogP contribution >= 0.6 is 45.2 Å². The molecule has 35 heavy (non-hydrogen) atoms. The molecular weight excluding hydrogens is 677 g/mol. The minimum atomic E-state index is -0.783. The van der Waals surface area contributed by atoms with Crippen LogP contribution < -0.4 is 15.0 Å². The topological polar surface area (TPSA) is 75.7 Å². The molecule has 1 fully saturated rings. The summed E-state index contributed by atoms with van der Waals surface area (Å²) >= 11 is 4.24. The van der Waals surface area contributed by atoms with E-state index in [-0.39, 0.29) is 18.0 Å². The second-order valence-corrected chi connectivity index (χ2v) is 10.3. The van der Waals surface area contributed by atoms with E-state index in [0.717, 1.165) is 28.7 Å². The van der Waals surface area contributed by atoms with Crippen molar-refractivity contribution in [3.8, 4) is 5.75 Å². The molecule has 0 unspecified atom stereocenters. The fraction of sp³-hybridized carbons (Fsp3) is 0.115. The first-order valence-electron chi connectivity index (χ1n) is 10.5. The average molecular weight is 696 g/mol. The zero-order valence-corrected chi connectivity index (χ0v) is 23.0. The van der Waals surface area contributed by atoms with Gasteiger partial charge in [-0.1, -0.05) is 18.2 Å². The zero-order valence-electron chi connectivity index (χ0n) is 18.7. The highest BCUT2D eigenvalue weighted by Gasteiger charge is 2.37. The van der Waals surface area contributed by atoms with Crippen molar-refractivity contribution in [2.24, 2.45) is 0 Å². The van der Waals surface area contributed by atoms with Gasteiger partial charge in [-0.2, -0.15) is 0 Å². The van der Waals surface area contributed by atoms with Crippen molar-refractivity contribution >= 4 is 74.8 Å². The lowest BCUT2D eigenvalue weighted by Crippen LogP contribution is -2.54. The molecule has 4 rings (SSSR count). The number of hydrogen-bond donors (Lipinski definition) is 1. The number of nitrogens with zero attached hydrogens (tertiary/aromatic N) is 1. The Morgan fingerprint density at radius 1 is 0.943 bits per heavy atom. The fourth-order valence-corrected chi connectivity index (χ4v) is 5.59. The van der Waals surface area contributed by atoms with Gasteiger partial charge in [0, 0.05) is 0 Å². The minimum absolute atomic E-state index is 0.144. The number of halogens is 3. The van der Waals surface area contributed by atoms with E-state index in [1.807, 2.05) is 19.9 Å². The third kappa shape index (κ3) is 5.56. The van der Waals surface area contributed by atoms with E-state index in [1.165, 1.54) is 18.2 Å². The molecule has 0 atom stereocenters. The second-order valence-electron chi connectivity index (χ2n) is 7.96. The predicted molar refractivity (Wildman–Crippen MR) is 148 cm³/mol. The van der Waals surface area contributed by atoms with Gasteiger partial charge in [-0.15, -0.1) is 0 Å². The molecule has 0 radical (unpaired) electrons. The molecule has 1 heterocycles. The van der Waals surface area contributed by atoms with Gasteiger partial charge in [0.15, 0.2) is 0 Å². The maximum atomic E-state index is 13.2. The highest BCUT2D eigenvalue weighted by atomic mass is 127. The summed E-state index contributed by atoms with van der Waals surface area (Å²) in [6.07, 6.45) is 1.46. The van der Waals surface area contributed by atoms with Gasteiger partial charge in [0.25, 0.3) is 11.8 Å². The highest BCUT2D eigenvalue weighted by molar-refractivity contribution is 14.1. The molecule has 1 N–H and O–H groups in total. The first-order valence-corrected chi connectivity index (χ1v) is 12.6. The van der Waals surface area contributed by atoms with Crippen LogP contribution in [-0.2, 0) is 16.2 Å². The summed E-state index contributed by atoms with van der Waals surface area (Å²) < 4.78 is 20.6. The molecule has 178 valence electrons. The number of nitrogens with one attached hydrogen (secondary N) is 1. The van der Waals surface area contributed by atoms with Crippen LogP contribution in [0.3, 0.4) is 0 Å². The number of carbonyl (C=O) groups excluding carboxylic acids is 3. The van der Waals surface area contributed by atoms with Crippen LogP contribution in [0, 0.1) is 26.8 Å². The number of aryl methyl sites for hydroxylation is 2. The van der Waals surface area contributed by atoms with E-state index in [1.54, 1.807) is 36.4 Å². The lowest BCUT2D eigenvalue weighted by atomic mass is 10.1. The molecule has 0 spiro atoms. The Bertz CT molecular complexity index is 1360. The molecule has 0 aliphatic carbocycles. The van der Waals surface area contributed by atoms with Crippen LogP contribution in [0.25, 0.3) is 6.08 Å².